The molecule has 4 rings (SSSR count). The first-order chi connectivity index (χ1) is 14.5. The molecule has 3 nitrogen and oxygen atoms in total. The topological polar surface area (TPSA) is 35.3 Å². The van der Waals surface area contributed by atoms with Crippen molar-refractivity contribution in [3.05, 3.63) is 90.0 Å². The predicted molar refractivity (Wildman–Crippen MR) is 124 cm³/mol. The third kappa shape index (κ3) is 4.16. The van der Waals surface area contributed by atoms with Crippen LogP contribution in [0.2, 0.25) is 0 Å². The number of ether oxygens (including phenoxy) is 1. The molecular weight excluding hydrogens is 370 g/mol. The summed E-state index contributed by atoms with van der Waals surface area (Å²) in [6.45, 7) is 11.0. The standard InChI is InChI=1S/C27H27NO2/c1-5-19-7-9-20(10-8-19)18-29-23-14-11-21(12-15-23)26-28-24-17-22(27(3,4)6-2)13-16-25(24)30-26/h5,7-17H,1,6,18H2,2-4H3. The van der Waals surface area contributed by atoms with Crippen LogP contribution in [0.25, 0.3) is 28.6 Å². The summed E-state index contributed by atoms with van der Waals surface area (Å²) in [5.41, 5.74) is 6.27. The molecule has 0 amide bonds. The third-order valence-corrected chi connectivity index (χ3v) is 5.78. The van der Waals surface area contributed by atoms with E-state index in [0.29, 0.717) is 12.5 Å². The van der Waals surface area contributed by atoms with Gasteiger partial charge in [0, 0.05) is 5.56 Å². The van der Waals surface area contributed by atoms with Gasteiger partial charge in [-0.15, -0.1) is 0 Å². The third-order valence-electron chi connectivity index (χ3n) is 5.78. The van der Waals surface area contributed by atoms with Gasteiger partial charge in [-0.2, -0.15) is 0 Å². The number of rotatable bonds is 7. The predicted octanol–water partition coefficient (Wildman–Crippen LogP) is 7.40. The van der Waals surface area contributed by atoms with E-state index in [9.17, 15) is 0 Å². The van der Waals surface area contributed by atoms with Crippen LogP contribution in [0.3, 0.4) is 0 Å². The fourth-order valence-electron chi connectivity index (χ4n) is 3.29. The average molecular weight is 398 g/mol. The summed E-state index contributed by atoms with van der Waals surface area (Å²) < 4.78 is 11.9. The Morgan fingerprint density at radius 2 is 1.73 bits per heavy atom. The Morgan fingerprint density at radius 1 is 1.00 bits per heavy atom. The van der Waals surface area contributed by atoms with Crippen LogP contribution in [0.1, 0.15) is 43.9 Å². The van der Waals surface area contributed by atoms with Gasteiger partial charge in [-0.05, 0) is 64.9 Å². The normalized spacial score (nSPS) is 11.6. The van der Waals surface area contributed by atoms with E-state index in [1.807, 2.05) is 48.5 Å². The van der Waals surface area contributed by atoms with Gasteiger partial charge < -0.3 is 9.15 Å². The van der Waals surface area contributed by atoms with Crippen LogP contribution in [0.4, 0.5) is 0 Å². The molecule has 0 fully saturated rings. The van der Waals surface area contributed by atoms with Crippen LogP contribution in [0, 0.1) is 0 Å². The SMILES string of the molecule is C=Cc1ccc(COc2ccc(-c3nc4cc(C(C)(C)CC)ccc4o3)cc2)cc1. The van der Waals surface area contributed by atoms with Crippen LogP contribution in [-0.2, 0) is 12.0 Å². The minimum Gasteiger partial charge on any atom is -0.489 e. The minimum absolute atomic E-state index is 0.123. The second kappa shape index (κ2) is 8.19. The van der Waals surface area contributed by atoms with Gasteiger partial charge in [0.2, 0.25) is 5.89 Å². The summed E-state index contributed by atoms with van der Waals surface area (Å²) in [7, 11) is 0. The Hall–Kier alpha value is -3.33. The zero-order valence-corrected chi connectivity index (χ0v) is 17.8. The maximum atomic E-state index is 5.99. The molecule has 0 N–H and O–H groups in total. The van der Waals surface area contributed by atoms with Crippen molar-refractivity contribution < 1.29 is 9.15 Å². The molecular formula is C27H27NO2. The van der Waals surface area contributed by atoms with Crippen molar-refractivity contribution in [1.82, 2.24) is 4.98 Å². The lowest BCUT2D eigenvalue weighted by molar-refractivity contribution is 0.306. The fourth-order valence-corrected chi connectivity index (χ4v) is 3.29. The van der Waals surface area contributed by atoms with E-state index in [0.717, 1.165) is 40.0 Å². The van der Waals surface area contributed by atoms with E-state index in [-0.39, 0.29) is 5.41 Å². The molecule has 0 aliphatic carbocycles. The highest BCUT2D eigenvalue weighted by molar-refractivity contribution is 5.77. The highest BCUT2D eigenvalue weighted by Gasteiger charge is 2.19. The molecule has 0 unspecified atom stereocenters. The van der Waals surface area contributed by atoms with Crippen molar-refractivity contribution in [2.75, 3.05) is 0 Å². The highest BCUT2D eigenvalue weighted by atomic mass is 16.5. The first-order valence-electron chi connectivity index (χ1n) is 10.3. The number of oxazole rings is 1. The molecule has 3 aromatic carbocycles. The summed E-state index contributed by atoms with van der Waals surface area (Å²) in [6, 6.07) is 22.4. The monoisotopic (exact) mass is 397 g/mol. The lowest BCUT2D eigenvalue weighted by Crippen LogP contribution is -2.14. The molecule has 0 aliphatic heterocycles. The number of aromatic nitrogens is 1. The molecule has 1 aromatic heterocycles. The number of nitrogens with zero attached hydrogens (tertiary/aromatic N) is 1. The van der Waals surface area contributed by atoms with E-state index in [2.05, 4.69) is 51.6 Å². The van der Waals surface area contributed by atoms with Crippen LogP contribution < -0.4 is 4.74 Å². The molecule has 1 heterocycles. The van der Waals surface area contributed by atoms with Gasteiger partial charge in [0.05, 0.1) is 0 Å². The molecule has 0 radical (unpaired) electrons. The summed E-state index contributed by atoms with van der Waals surface area (Å²) in [4.78, 5) is 4.72. The second-order valence-corrected chi connectivity index (χ2v) is 8.20. The quantitative estimate of drug-likeness (QED) is 0.326. The van der Waals surface area contributed by atoms with Gasteiger partial charge in [0.25, 0.3) is 0 Å². The first kappa shape index (κ1) is 20.0. The second-order valence-electron chi connectivity index (χ2n) is 8.20. The smallest absolute Gasteiger partial charge is 0.227 e. The van der Waals surface area contributed by atoms with Gasteiger partial charge in [-0.25, -0.2) is 4.98 Å². The zero-order valence-electron chi connectivity index (χ0n) is 17.8. The lowest BCUT2D eigenvalue weighted by atomic mass is 9.82. The summed E-state index contributed by atoms with van der Waals surface area (Å²) >= 11 is 0. The largest absolute Gasteiger partial charge is 0.489 e. The molecule has 4 aromatic rings. The van der Waals surface area contributed by atoms with Gasteiger partial charge in [0.15, 0.2) is 5.58 Å². The Morgan fingerprint density at radius 3 is 2.40 bits per heavy atom. The molecule has 3 heteroatoms. The molecule has 0 aliphatic rings. The molecule has 0 saturated heterocycles. The summed E-state index contributed by atoms with van der Waals surface area (Å²) in [6.07, 6.45) is 2.91. The maximum Gasteiger partial charge on any atom is 0.227 e. The minimum atomic E-state index is 0.123. The summed E-state index contributed by atoms with van der Waals surface area (Å²) in [5.74, 6) is 1.44. The molecule has 0 bridgehead atoms. The van der Waals surface area contributed by atoms with Crippen molar-refractivity contribution in [3.8, 4) is 17.2 Å². The molecule has 152 valence electrons. The average Bonchev–Trinajstić information content (AvgIpc) is 3.22. The Bertz CT molecular complexity index is 1150. The van der Waals surface area contributed by atoms with Crippen molar-refractivity contribution in [2.24, 2.45) is 0 Å². The van der Waals surface area contributed by atoms with Crippen molar-refractivity contribution in [1.29, 1.82) is 0 Å². The van der Waals surface area contributed by atoms with Crippen molar-refractivity contribution in [3.63, 3.8) is 0 Å². The number of benzene rings is 3. The highest BCUT2D eigenvalue weighted by Crippen LogP contribution is 2.31. The molecule has 0 saturated carbocycles. The lowest BCUT2D eigenvalue weighted by Gasteiger charge is -2.22. The van der Waals surface area contributed by atoms with Gasteiger partial charge in [-0.3, -0.25) is 0 Å². The maximum absolute atomic E-state index is 5.99. The van der Waals surface area contributed by atoms with Gasteiger partial charge >= 0.3 is 0 Å². The van der Waals surface area contributed by atoms with Crippen molar-refractivity contribution in [2.45, 2.75) is 39.2 Å². The Kier molecular flexibility index (Phi) is 5.45. The van der Waals surface area contributed by atoms with Gasteiger partial charge in [0.1, 0.15) is 17.9 Å². The first-order valence-corrected chi connectivity index (χ1v) is 10.3. The molecule has 0 spiro atoms. The Labute approximate surface area is 178 Å². The molecule has 0 atom stereocenters. The number of hydrogen-bond donors (Lipinski definition) is 0. The van der Waals surface area contributed by atoms with E-state index in [1.54, 1.807) is 0 Å². The van der Waals surface area contributed by atoms with Crippen LogP contribution in [-0.4, -0.2) is 4.98 Å². The number of hydrogen-bond acceptors (Lipinski definition) is 3. The van der Waals surface area contributed by atoms with Crippen LogP contribution >= 0.6 is 0 Å². The summed E-state index contributed by atoms with van der Waals surface area (Å²) in [5, 5.41) is 0. The van der Waals surface area contributed by atoms with Crippen molar-refractivity contribution >= 4 is 17.2 Å². The molecule has 30 heavy (non-hydrogen) atoms. The van der Waals surface area contributed by atoms with Crippen LogP contribution in [0.5, 0.6) is 5.75 Å². The van der Waals surface area contributed by atoms with E-state index < -0.39 is 0 Å². The van der Waals surface area contributed by atoms with E-state index in [4.69, 9.17) is 14.1 Å². The number of fused-ring (bicyclic) bond motifs is 1. The van der Waals surface area contributed by atoms with Crippen LogP contribution in [0.15, 0.2) is 77.7 Å². The fraction of sp³-hybridized carbons (Fsp3) is 0.222. The van der Waals surface area contributed by atoms with E-state index in [1.165, 1.54) is 5.56 Å². The van der Waals surface area contributed by atoms with Gasteiger partial charge in [-0.1, -0.05) is 63.8 Å². The zero-order chi connectivity index (χ0) is 21.1. The van der Waals surface area contributed by atoms with E-state index >= 15 is 0 Å². The Balaban J connectivity index is 1.49.